The number of amides is 2. The first-order chi connectivity index (χ1) is 11.2. The first-order valence-electron chi connectivity index (χ1n) is 8.97. The van der Waals surface area contributed by atoms with Crippen molar-refractivity contribution in [1.82, 2.24) is 10.2 Å². The molecule has 5 atom stereocenters. The van der Waals surface area contributed by atoms with Gasteiger partial charge in [0.25, 0.3) is 0 Å². The molecule has 1 aliphatic carbocycles. The van der Waals surface area contributed by atoms with Crippen LogP contribution in [0.3, 0.4) is 0 Å². The van der Waals surface area contributed by atoms with Crippen LogP contribution in [-0.4, -0.2) is 62.2 Å². The van der Waals surface area contributed by atoms with E-state index in [-0.39, 0.29) is 47.8 Å². The van der Waals surface area contributed by atoms with E-state index in [1.807, 2.05) is 6.92 Å². The Morgan fingerprint density at radius 3 is 2.33 bits per heavy atom. The Hall–Kier alpha value is -0.820. The largest absolute Gasteiger partial charge is 0.380 e. The Labute approximate surface area is 146 Å². The van der Waals surface area contributed by atoms with Crippen LogP contribution in [0.1, 0.15) is 47.5 Å². The fourth-order valence-corrected chi connectivity index (χ4v) is 6.34. The molecule has 1 saturated carbocycles. The molecule has 0 spiro atoms. The summed E-state index contributed by atoms with van der Waals surface area (Å²) in [5.74, 6) is 0.291. The van der Waals surface area contributed by atoms with Crippen molar-refractivity contribution < 1.29 is 17.9 Å². The number of nitrogens with zero attached hydrogens (tertiary/aromatic N) is 1. The number of hydrogen-bond donors (Lipinski definition) is 1. The lowest BCUT2D eigenvalue weighted by Crippen LogP contribution is -2.71. The van der Waals surface area contributed by atoms with E-state index in [0.717, 1.165) is 12.8 Å². The topological polar surface area (TPSA) is 75.7 Å². The van der Waals surface area contributed by atoms with Gasteiger partial charge in [0.05, 0.1) is 17.1 Å². The first kappa shape index (κ1) is 19.5. The maximum absolute atomic E-state index is 12.8. The zero-order chi connectivity index (χ0) is 18.3. The van der Waals surface area contributed by atoms with E-state index in [1.165, 1.54) is 0 Å². The Morgan fingerprint density at radius 2 is 1.83 bits per heavy atom. The van der Waals surface area contributed by atoms with Crippen molar-refractivity contribution in [3.05, 3.63) is 0 Å². The SMILES string of the molecule is CCC1(CC)[C@H](NC(=O)N2CCS(=O)(=O)[C@H](C)[C@@H]2C)[C@@H](C)[C@@H]1OC. The summed E-state index contributed by atoms with van der Waals surface area (Å²) < 4.78 is 29.7. The van der Waals surface area contributed by atoms with E-state index in [4.69, 9.17) is 4.74 Å². The molecule has 2 rings (SSSR count). The smallest absolute Gasteiger partial charge is 0.317 e. The molecule has 0 aromatic rings. The fourth-order valence-electron chi connectivity index (χ4n) is 4.77. The van der Waals surface area contributed by atoms with Crippen molar-refractivity contribution in [2.24, 2.45) is 11.3 Å². The molecule has 1 heterocycles. The summed E-state index contributed by atoms with van der Waals surface area (Å²) in [6.45, 7) is 10.2. The van der Waals surface area contributed by atoms with E-state index in [2.05, 4.69) is 26.1 Å². The summed E-state index contributed by atoms with van der Waals surface area (Å²) in [6, 6.07) is -0.400. The third kappa shape index (κ3) is 2.83. The van der Waals surface area contributed by atoms with Crippen LogP contribution in [-0.2, 0) is 14.6 Å². The summed E-state index contributed by atoms with van der Waals surface area (Å²) in [7, 11) is -1.36. The number of hydrogen-bond acceptors (Lipinski definition) is 4. The van der Waals surface area contributed by atoms with Crippen LogP contribution in [0, 0.1) is 11.3 Å². The summed E-state index contributed by atoms with van der Waals surface area (Å²) >= 11 is 0. The van der Waals surface area contributed by atoms with Gasteiger partial charge in [-0.15, -0.1) is 0 Å². The minimum Gasteiger partial charge on any atom is -0.380 e. The van der Waals surface area contributed by atoms with Crippen molar-refractivity contribution in [2.45, 2.75) is 70.9 Å². The lowest BCUT2D eigenvalue weighted by molar-refractivity contribution is -0.164. The lowest BCUT2D eigenvalue weighted by Gasteiger charge is -2.60. The second kappa shape index (κ2) is 6.83. The highest BCUT2D eigenvalue weighted by Crippen LogP contribution is 2.52. The molecular formula is C17H32N2O4S. The van der Waals surface area contributed by atoms with Crippen molar-refractivity contribution in [3.63, 3.8) is 0 Å². The molecule has 1 aliphatic heterocycles. The summed E-state index contributed by atoms with van der Waals surface area (Å²) in [5, 5.41) is 2.66. The number of nitrogens with one attached hydrogen (secondary N) is 1. The first-order valence-corrected chi connectivity index (χ1v) is 10.7. The van der Waals surface area contributed by atoms with Gasteiger partial charge < -0.3 is 15.0 Å². The highest BCUT2D eigenvalue weighted by atomic mass is 32.2. The molecule has 2 fully saturated rings. The van der Waals surface area contributed by atoms with Crippen LogP contribution in [0.5, 0.6) is 0 Å². The highest BCUT2D eigenvalue weighted by molar-refractivity contribution is 7.92. The maximum atomic E-state index is 12.8. The van der Waals surface area contributed by atoms with Gasteiger partial charge in [-0.05, 0) is 26.7 Å². The molecule has 1 saturated heterocycles. The van der Waals surface area contributed by atoms with Crippen LogP contribution in [0.25, 0.3) is 0 Å². The number of ether oxygens (including phenoxy) is 1. The Balaban J connectivity index is 2.12. The number of carbonyl (C=O) groups excluding carboxylic acids is 1. The predicted octanol–water partition coefficient (Wildman–Crippen LogP) is 2.04. The normalized spacial score (nSPS) is 37.6. The monoisotopic (exact) mass is 360 g/mol. The quantitative estimate of drug-likeness (QED) is 0.832. The van der Waals surface area contributed by atoms with Crippen LogP contribution in [0.15, 0.2) is 0 Å². The number of methoxy groups -OCH3 is 1. The molecule has 6 nitrogen and oxygen atoms in total. The van der Waals surface area contributed by atoms with Gasteiger partial charge >= 0.3 is 6.03 Å². The molecule has 2 aliphatic rings. The van der Waals surface area contributed by atoms with E-state index in [9.17, 15) is 13.2 Å². The summed E-state index contributed by atoms with van der Waals surface area (Å²) in [4.78, 5) is 14.5. The molecule has 7 heteroatoms. The van der Waals surface area contributed by atoms with Gasteiger partial charge in [-0.25, -0.2) is 13.2 Å². The van der Waals surface area contributed by atoms with Gasteiger partial charge in [0.15, 0.2) is 9.84 Å². The van der Waals surface area contributed by atoms with Crippen molar-refractivity contribution in [3.8, 4) is 0 Å². The van der Waals surface area contributed by atoms with Gasteiger partial charge in [-0.1, -0.05) is 20.8 Å². The van der Waals surface area contributed by atoms with Crippen LogP contribution < -0.4 is 5.32 Å². The molecule has 0 aromatic carbocycles. The van der Waals surface area contributed by atoms with E-state index >= 15 is 0 Å². The lowest BCUT2D eigenvalue weighted by atomic mass is 9.53. The number of rotatable bonds is 4. The number of carbonyl (C=O) groups is 1. The molecular weight excluding hydrogens is 328 g/mol. The van der Waals surface area contributed by atoms with Crippen LogP contribution >= 0.6 is 0 Å². The minimum atomic E-state index is -3.09. The van der Waals surface area contributed by atoms with Gasteiger partial charge in [0.1, 0.15) is 0 Å². The van der Waals surface area contributed by atoms with Crippen molar-refractivity contribution in [2.75, 3.05) is 19.4 Å². The third-order valence-electron chi connectivity index (χ3n) is 6.65. The average molecular weight is 361 g/mol. The fraction of sp³-hybridized carbons (Fsp3) is 0.941. The van der Waals surface area contributed by atoms with Gasteiger partial charge in [0, 0.05) is 37.1 Å². The minimum absolute atomic E-state index is 0.0411. The standard InChI is InChI=1S/C17H32N2O4S/c1-7-17(8-2)14(11(3)15(17)23-6)18-16(20)19-9-10-24(21,22)13(5)12(19)4/h11-15H,7-10H2,1-6H3,(H,18,20)/t11-,12+,13-,14-,15+/m1/s1. The Kier molecular flexibility index (Phi) is 5.55. The third-order valence-corrected chi connectivity index (χ3v) is 8.93. The molecule has 24 heavy (non-hydrogen) atoms. The second-order valence-corrected chi connectivity index (χ2v) is 9.87. The van der Waals surface area contributed by atoms with Gasteiger partial charge in [0.2, 0.25) is 0 Å². The predicted molar refractivity (Wildman–Crippen MR) is 94.7 cm³/mol. The summed E-state index contributed by atoms with van der Waals surface area (Å²) in [6.07, 6.45) is 2.03. The van der Waals surface area contributed by atoms with Gasteiger partial charge in [-0.2, -0.15) is 0 Å². The zero-order valence-corrected chi connectivity index (χ0v) is 16.5. The molecule has 0 radical (unpaired) electrons. The Morgan fingerprint density at radius 1 is 1.25 bits per heavy atom. The molecule has 1 N–H and O–H groups in total. The van der Waals surface area contributed by atoms with E-state index in [1.54, 1.807) is 18.9 Å². The number of urea groups is 1. The maximum Gasteiger partial charge on any atom is 0.317 e. The van der Waals surface area contributed by atoms with Gasteiger partial charge in [-0.3, -0.25) is 0 Å². The van der Waals surface area contributed by atoms with Crippen molar-refractivity contribution >= 4 is 15.9 Å². The zero-order valence-electron chi connectivity index (χ0n) is 15.7. The summed E-state index contributed by atoms with van der Waals surface area (Å²) in [5.41, 5.74) is -0.0411. The molecule has 0 aromatic heterocycles. The average Bonchev–Trinajstić information content (AvgIpc) is 2.55. The highest BCUT2D eigenvalue weighted by Gasteiger charge is 2.59. The molecule has 140 valence electrons. The van der Waals surface area contributed by atoms with E-state index < -0.39 is 15.1 Å². The molecule has 0 unspecified atom stereocenters. The van der Waals surface area contributed by atoms with Crippen LogP contribution in [0.4, 0.5) is 4.79 Å². The van der Waals surface area contributed by atoms with E-state index in [0.29, 0.717) is 0 Å². The molecule has 2 amide bonds. The molecule has 0 bridgehead atoms. The second-order valence-electron chi connectivity index (χ2n) is 7.39. The number of sulfone groups is 1. The van der Waals surface area contributed by atoms with Crippen molar-refractivity contribution in [1.29, 1.82) is 0 Å². The van der Waals surface area contributed by atoms with Crippen LogP contribution in [0.2, 0.25) is 0 Å². The Bertz CT molecular complexity index is 573.